The molecule has 5 nitrogen and oxygen atoms in total. The predicted octanol–water partition coefficient (Wildman–Crippen LogP) is 1.50. The van der Waals surface area contributed by atoms with Crippen molar-refractivity contribution in [1.82, 2.24) is 4.98 Å². The van der Waals surface area contributed by atoms with Crippen molar-refractivity contribution in [2.45, 2.75) is 25.2 Å². The molecule has 0 amide bonds. The Morgan fingerprint density at radius 3 is 2.94 bits per heavy atom. The first-order valence-corrected chi connectivity index (χ1v) is 5.85. The fourth-order valence-corrected chi connectivity index (χ4v) is 1.74. The monoisotopic (exact) mass is 236 g/mol. The van der Waals surface area contributed by atoms with Crippen LogP contribution in [-0.4, -0.2) is 25.0 Å². The highest BCUT2D eigenvalue weighted by molar-refractivity contribution is 5.43. The molecule has 2 atom stereocenters. The van der Waals surface area contributed by atoms with Crippen LogP contribution >= 0.6 is 0 Å². The molecule has 1 saturated heterocycles. The highest BCUT2D eigenvalue weighted by Gasteiger charge is 2.42. The molecule has 0 radical (unpaired) electrons. The molecule has 0 bridgehead atoms. The Labute approximate surface area is 99.9 Å². The number of nitrogen functional groups attached to an aromatic ring is 1. The molecule has 1 aliphatic carbocycles. The quantitative estimate of drug-likeness (QED) is 0.784. The van der Waals surface area contributed by atoms with Gasteiger partial charge in [-0.25, -0.2) is 4.98 Å². The second-order valence-corrected chi connectivity index (χ2v) is 4.58. The van der Waals surface area contributed by atoms with Gasteiger partial charge in [0.15, 0.2) is 12.4 Å². The van der Waals surface area contributed by atoms with Gasteiger partial charge in [-0.2, -0.15) is 0 Å². The fraction of sp³-hybridized carbons (Fsp3) is 0.583. The van der Waals surface area contributed by atoms with Gasteiger partial charge in [-0.1, -0.05) is 0 Å². The number of aromatic nitrogens is 1. The summed E-state index contributed by atoms with van der Waals surface area (Å²) in [6.07, 6.45) is 2.21. The van der Waals surface area contributed by atoms with Gasteiger partial charge in [0.2, 0.25) is 5.88 Å². The van der Waals surface area contributed by atoms with Gasteiger partial charge in [-0.05, 0) is 24.8 Å². The normalized spacial score (nSPS) is 26.9. The zero-order chi connectivity index (χ0) is 11.8. The number of anilines is 1. The van der Waals surface area contributed by atoms with E-state index in [9.17, 15) is 0 Å². The summed E-state index contributed by atoms with van der Waals surface area (Å²) < 4.78 is 16.0. The van der Waals surface area contributed by atoms with Crippen LogP contribution in [0.2, 0.25) is 0 Å². The zero-order valence-electron chi connectivity index (χ0n) is 9.76. The van der Waals surface area contributed by atoms with Crippen molar-refractivity contribution in [1.29, 1.82) is 0 Å². The second kappa shape index (κ2) is 4.16. The van der Waals surface area contributed by atoms with Crippen LogP contribution in [0.4, 0.5) is 5.69 Å². The highest BCUT2D eigenvalue weighted by atomic mass is 16.8. The molecule has 2 unspecified atom stereocenters. The fourth-order valence-electron chi connectivity index (χ4n) is 1.74. The lowest BCUT2D eigenvalue weighted by atomic mass is 10.2. The number of rotatable bonds is 5. The number of methoxy groups -OCH3 is 1. The Hall–Kier alpha value is -1.33. The van der Waals surface area contributed by atoms with E-state index < -0.39 is 0 Å². The summed E-state index contributed by atoms with van der Waals surface area (Å²) in [7, 11) is 1.61. The van der Waals surface area contributed by atoms with Crippen LogP contribution in [0.25, 0.3) is 0 Å². The summed E-state index contributed by atoms with van der Waals surface area (Å²) in [5.41, 5.74) is 7.24. The van der Waals surface area contributed by atoms with Gasteiger partial charge < -0.3 is 19.9 Å². The molecule has 3 rings (SSSR count). The topological polar surface area (TPSA) is 69.9 Å². The zero-order valence-corrected chi connectivity index (χ0v) is 9.76. The molecule has 92 valence electrons. The summed E-state index contributed by atoms with van der Waals surface area (Å²) in [5, 5.41) is 0. The Morgan fingerprint density at radius 1 is 1.47 bits per heavy atom. The summed E-state index contributed by atoms with van der Waals surface area (Å²) in [6, 6.07) is 3.55. The van der Waals surface area contributed by atoms with E-state index in [1.807, 2.05) is 0 Å². The average Bonchev–Trinajstić information content (AvgIpc) is 3.19. The molecule has 17 heavy (non-hydrogen) atoms. The van der Waals surface area contributed by atoms with Crippen LogP contribution in [0.1, 0.15) is 24.6 Å². The molecule has 2 fully saturated rings. The van der Waals surface area contributed by atoms with Gasteiger partial charge in [-0.15, -0.1) is 0 Å². The van der Waals surface area contributed by atoms with Crippen molar-refractivity contribution in [3.05, 3.63) is 17.8 Å². The van der Waals surface area contributed by atoms with Gasteiger partial charge in [0, 0.05) is 18.9 Å². The summed E-state index contributed by atoms with van der Waals surface area (Å²) in [6.45, 7) is 0.731. The first kappa shape index (κ1) is 10.8. The van der Waals surface area contributed by atoms with Crippen molar-refractivity contribution in [2.75, 3.05) is 19.5 Å². The lowest BCUT2D eigenvalue weighted by Crippen LogP contribution is -2.04. The molecule has 2 N–H and O–H groups in total. The summed E-state index contributed by atoms with van der Waals surface area (Å²) in [5.74, 6) is 1.28. The van der Waals surface area contributed by atoms with Gasteiger partial charge in [0.05, 0.1) is 12.3 Å². The van der Waals surface area contributed by atoms with Crippen LogP contribution < -0.4 is 10.5 Å². The Bertz CT molecular complexity index is 420. The highest BCUT2D eigenvalue weighted by Crippen LogP contribution is 2.39. The number of nitrogens with zero attached hydrogens (tertiary/aromatic N) is 1. The minimum absolute atomic E-state index is 0.105. The van der Waals surface area contributed by atoms with Gasteiger partial charge in [0.25, 0.3) is 0 Å². The molecular formula is C12H16N2O3. The molecular weight excluding hydrogens is 220 g/mol. The van der Waals surface area contributed by atoms with E-state index in [1.165, 1.54) is 12.8 Å². The minimum Gasteiger partial charge on any atom is -0.477 e. The molecule has 5 heteroatoms. The maximum Gasteiger partial charge on any atom is 0.215 e. The third-order valence-electron chi connectivity index (χ3n) is 2.98. The third kappa shape index (κ3) is 2.50. The Kier molecular flexibility index (Phi) is 2.64. The summed E-state index contributed by atoms with van der Waals surface area (Å²) >= 11 is 0. The van der Waals surface area contributed by atoms with E-state index in [4.69, 9.17) is 19.9 Å². The smallest absolute Gasteiger partial charge is 0.215 e. The number of pyridine rings is 1. The molecule has 1 aromatic rings. The number of hydrogen-bond donors (Lipinski definition) is 1. The Balaban J connectivity index is 1.70. The van der Waals surface area contributed by atoms with Crippen LogP contribution in [0.15, 0.2) is 12.1 Å². The van der Waals surface area contributed by atoms with E-state index in [0.717, 1.165) is 12.3 Å². The SMILES string of the molecule is COC1OC1c1cc(N)cc(OCC2CC2)n1. The standard InChI is InChI=1S/C12H16N2O3/c1-15-12-11(17-12)9-4-8(13)5-10(14-9)16-6-7-2-3-7/h4-5,7,11-12H,2-3,6H2,1H3,(H2,13,14). The van der Waals surface area contributed by atoms with Crippen LogP contribution in [-0.2, 0) is 9.47 Å². The van der Waals surface area contributed by atoms with Crippen LogP contribution in [0.5, 0.6) is 5.88 Å². The average molecular weight is 236 g/mol. The van der Waals surface area contributed by atoms with E-state index in [2.05, 4.69) is 4.98 Å². The van der Waals surface area contributed by atoms with Crippen molar-refractivity contribution in [3.63, 3.8) is 0 Å². The van der Waals surface area contributed by atoms with Crippen LogP contribution in [0.3, 0.4) is 0 Å². The lowest BCUT2D eigenvalue weighted by Gasteiger charge is -2.06. The first-order chi connectivity index (χ1) is 8.26. The van der Waals surface area contributed by atoms with Crippen molar-refractivity contribution in [3.8, 4) is 5.88 Å². The lowest BCUT2D eigenvalue weighted by molar-refractivity contribution is 0.0950. The van der Waals surface area contributed by atoms with Gasteiger partial charge >= 0.3 is 0 Å². The van der Waals surface area contributed by atoms with Crippen LogP contribution in [0, 0.1) is 5.92 Å². The van der Waals surface area contributed by atoms with Crippen molar-refractivity contribution >= 4 is 5.69 Å². The molecule has 2 heterocycles. The van der Waals surface area contributed by atoms with E-state index in [-0.39, 0.29) is 12.4 Å². The van der Waals surface area contributed by atoms with Crippen molar-refractivity contribution in [2.24, 2.45) is 5.92 Å². The van der Waals surface area contributed by atoms with E-state index in [0.29, 0.717) is 17.5 Å². The molecule has 0 aromatic carbocycles. The number of ether oxygens (including phenoxy) is 3. The van der Waals surface area contributed by atoms with Gasteiger partial charge in [0.1, 0.15) is 0 Å². The van der Waals surface area contributed by atoms with Crippen molar-refractivity contribution < 1.29 is 14.2 Å². The van der Waals surface area contributed by atoms with E-state index in [1.54, 1.807) is 19.2 Å². The van der Waals surface area contributed by atoms with E-state index >= 15 is 0 Å². The molecule has 1 aliphatic heterocycles. The largest absolute Gasteiger partial charge is 0.477 e. The number of epoxide rings is 1. The first-order valence-electron chi connectivity index (χ1n) is 5.85. The number of hydrogen-bond acceptors (Lipinski definition) is 5. The predicted molar refractivity (Wildman–Crippen MR) is 61.5 cm³/mol. The molecule has 2 aliphatic rings. The maximum atomic E-state index is 5.82. The second-order valence-electron chi connectivity index (χ2n) is 4.58. The minimum atomic E-state index is -0.194. The third-order valence-corrected chi connectivity index (χ3v) is 2.98. The molecule has 1 aromatic heterocycles. The number of nitrogens with two attached hydrogens (primary N) is 1. The molecule has 1 saturated carbocycles. The molecule has 0 spiro atoms. The Morgan fingerprint density at radius 2 is 2.29 bits per heavy atom. The summed E-state index contributed by atoms with van der Waals surface area (Å²) in [4.78, 5) is 4.39. The maximum absolute atomic E-state index is 5.82. The van der Waals surface area contributed by atoms with Gasteiger partial charge in [-0.3, -0.25) is 0 Å².